The summed E-state index contributed by atoms with van der Waals surface area (Å²) < 4.78 is 0. The van der Waals surface area contributed by atoms with Gasteiger partial charge in [0.2, 0.25) is 5.78 Å². The molecule has 1 heterocycles. The van der Waals surface area contributed by atoms with Gasteiger partial charge in [0.15, 0.2) is 5.84 Å². The maximum absolute atomic E-state index is 12.8. The number of Topliss-reactive ketones (excluding diaryl/α,β-unsaturated/α-hetero) is 1. The highest BCUT2D eigenvalue weighted by molar-refractivity contribution is 6.45. The molecule has 1 aliphatic heterocycles. The highest BCUT2D eigenvalue weighted by Gasteiger charge is 2.30. The summed E-state index contributed by atoms with van der Waals surface area (Å²) in [5, 5.41) is 4.77. The number of ketones is 1. The number of nitrogens with zero attached hydrogens (tertiary/aromatic N) is 1. The molecule has 0 aromatic heterocycles. The average Bonchev–Trinajstić information content (AvgIpc) is 2.66. The number of nitrogens with one attached hydrogen (secondary N) is 1. The number of amidine groups is 1. The lowest BCUT2D eigenvalue weighted by atomic mass is 9.87. The van der Waals surface area contributed by atoms with E-state index < -0.39 is 0 Å². The normalized spacial score (nSPS) is 16.3. The van der Waals surface area contributed by atoms with Gasteiger partial charge in [0, 0.05) is 5.56 Å². The molecule has 1 atom stereocenters. The van der Waals surface area contributed by atoms with Gasteiger partial charge in [0.25, 0.3) is 5.91 Å². The fourth-order valence-corrected chi connectivity index (χ4v) is 3.21. The number of benzene rings is 3. The van der Waals surface area contributed by atoms with Crippen LogP contribution in [0.3, 0.4) is 0 Å². The van der Waals surface area contributed by atoms with Crippen molar-refractivity contribution in [2.24, 2.45) is 4.99 Å². The topological polar surface area (TPSA) is 58.5 Å². The van der Waals surface area contributed by atoms with Crippen LogP contribution in [0.4, 0.5) is 5.69 Å². The van der Waals surface area contributed by atoms with E-state index in [1.807, 2.05) is 49.4 Å². The van der Waals surface area contributed by atoms with Crippen molar-refractivity contribution in [3.8, 4) is 0 Å². The fraction of sp³-hybridized carbons (Fsp3) is 0.0952. The highest BCUT2D eigenvalue weighted by atomic mass is 16.2. The molecule has 0 spiro atoms. The molecular formula is C21H16N2O2. The first-order valence-electron chi connectivity index (χ1n) is 8.16. The molecule has 25 heavy (non-hydrogen) atoms. The summed E-state index contributed by atoms with van der Waals surface area (Å²) in [7, 11) is 0. The Bertz CT molecular complexity index is 1020. The molecule has 1 aliphatic rings. The van der Waals surface area contributed by atoms with Crippen LogP contribution in [0.5, 0.6) is 0 Å². The number of aliphatic imine (C=N–C) groups is 1. The molecular weight excluding hydrogens is 312 g/mol. The third-order valence-corrected chi connectivity index (χ3v) is 4.51. The lowest BCUT2D eigenvalue weighted by Crippen LogP contribution is -2.39. The van der Waals surface area contributed by atoms with Gasteiger partial charge in [-0.25, -0.2) is 4.99 Å². The van der Waals surface area contributed by atoms with E-state index in [0.717, 1.165) is 22.0 Å². The van der Waals surface area contributed by atoms with Crippen LogP contribution in [0.2, 0.25) is 0 Å². The van der Waals surface area contributed by atoms with Crippen molar-refractivity contribution in [1.29, 1.82) is 0 Å². The summed E-state index contributed by atoms with van der Waals surface area (Å²) in [6.07, 6.45) is 0. The Hall–Kier alpha value is -3.27. The Kier molecular flexibility index (Phi) is 3.65. The quantitative estimate of drug-likeness (QED) is 0.734. The zero-order valence-corrected chi connectivity index (χ0v) is 13.7. The number of fused-ring (bicyclic) bond motifs is 3. The first kappa shape index (κ1) is 15.3. The molecule has 0 saturated carbocycles. The van der Waals surface area contributed by atoms with Gasteiger partial charge in [-0.15, -0.1) is 0 Å². The van der Waals surface area contributed by atoms with Gasteiger partial charge >= 0.3 is 0 Å². The molecule has 4 nitrogen and oxygen atoms in total. The summed E-state index contributed by atoms with van der Waals surface area (Å²) >= 11 is 0. The number of hydrogen-bond acceptors (Lipinski definition) is 3. The van der Waals surface area contributed by atoms with Gasteiger partial charge in [0.1, 0.15) is 0 Å². The van der Waals surface area contributed by atoms with Crippen molar-refractivity contribution in [1.82, 2.24) is 5.32 Å². The molecule has 4 heteroatoms. The molecule has 0 bridgehead atoms. The van der Waals surface area contributed by atoms with E-state index >= 15 is 0 Å². The molecule has 0 fully saturated rings. The summed E-state index contributed by atoms with van der Waals surface area (Å²) in [5.41, 5.74) is 2.14. The largest absolute Gasteiger partial charge is 0.304 e. The smallest absolute Gasteiger partial charge is 0.256 e. The zero-order valence-electron chi connectivity index (χ0n) is 13.7. The maximum atomic E-state index is 12.8. The van der Waals surface area contributed by atoms with Crippen molar-refractivity contribution < 1.29 is 9.59 Å². The van der Waals surface area contributed by atoms with Crippen LogP contribution in [0, 0.1) is 0 Å². The van der Waals surface area contributed by atoms with E-state index in [9.17, 15) is 9.59 Å². The van der Waals surface area contributed by atoms with Crippen molar-refractivity contribution >= 4 is 34.0 Å². The van der Waals surface area contributed by atoms with Crippen molar-refractivity contribution in [2.75, 3.05) is 0 Å². The van der Waals surface area contributed by atoms with E-state index in [1.54, 1.807) is 24.3 Å². The average molecular weight is 328 g/mol. The van der Waals surface area contributed by atoms with E-state index in [0.29, 0.717) is 5.56 Å². The molecule has 0 saturated heterocycles. The van der Waals surface area contributed by atoms with Crippen LogP contribution in [0.1, 0.15) is 28.8 Å². The van der Waals surface area contributed by atoms with Crippen LogP contribution in [0.15, 0.2) is 71.7 Å². The Balaban J connectivity index is 1.76. The Morgan fingerprint density at radius 2 is 1.68 bits per heavy atom. The van der Waals surface area contributed by atoms with Crippen molar-refractivity contribution in [2.45, 2.75) is 12.8 Å². The monoisotopic (exact) mass is 328 g/mol. The second kappa shape index (κ2) is 5.98. The summed E-state index contributed by atoms with van der Waals surface area (Å²) in [6.45, 7) is 1.86. The van der Waals surface area contributed by atoms with Crippen LogP contribution in [-0.2, 0) is 4.79 Å². The minimum Gasteiger partial charge on any atom is -0.304 e. The van der Waals surface area contributed by atoms with E-state index in [4.69, 9.17) is 0 Å². The molecule has 1 N–H and O–H groups in total. The third-order valence-electron chi connectivity index (χ3n) is 4.51. The Labute approximate surface area is 145 Å². The molecule has 1 unspecified atom stereocenters. The van der Waals surface area contributed by atoms with Gasteiger partial charge in [-0.05, 0) is 34.5 Å². The predicted molar refractivity (Wildman–Crippen MR) is 98.4 cm³/mol. The Morgan fingerprint density at radius 1 is 0.960 bits per heavy atom. The Morgan fingerprint density at radius 3 is 2.48 bits per heavy atom. The molecule has 122 valence electrons. The van der Waals surface area contributed by atoms with Gasteiger partial charge in [0.05, 0.1) is 11.6 Å². The van der Waals surface area contributed by atoms with Gasteiger partial charge in [-0.3, -0.25) is 9.59 Å². The number of amides is 1. The molecule has 0 radical (unpaired) electrons. The second-order valence-corrected chi connectivity index (χ2v) is 6.09. The zero-order chi connectivity index (χ0) is 17.4. The second-order valence-electron chi connectivity index (χ2n) is 6.09. The first-order valence-corrected chi connectivity index (χ1v) is 8.16. The molecule has 3 aromatic carbocycles. The van der Waals surface area contributed by atoms with Crippen LogP contribution < -0.4 is 5.32 Å². The fourth-order valence-electron chi connectivity index (χ4n) is 3.21. The van der Waals surface area contributed by atoms with Crippen LogP contribution in [0.25, 0.3) is 10.8 Å². The van der Waals surface area contributed by atoms with Gasteiger partial charge < -0.3 is 5.32 Å². The molecule has 3 aromatic rings. The number of rotatable bonds is 1. The number of hydrogen-bond donors (Lipinski definition) is 1. The van der Waals surface area contributed by atoms with Gasteiger partial charge in [-0.1, -0.05) is 55.5 Å². The van der Waals surface area contributed by atoms with Crippen molar-refractivity contribution in [3.63, 3.8) is 0 Å². The molecule has 4 rings (SSSR count). The molecule has 0 aliphatic carbocycles. The maximum Gasteiger partial charge on any atom is 0.256 e. The third kappa shape index (κ3) is 2.62. The predicted octanol–water partition coefficient (Wildman–Crippen LogP) is 3.99. The van der Waals surface area contributed by atoms with Gasteiger partial charge in [-0.2, -0.15) is 0 Å². The first-order chi connectivity index (χ1) is 12.1. The minimum absolute atomic E-state index is 0.101. The number of carbonyl (C=O) groups excluding carboxylic acids is 2. The van der Waals surface area contributed by atoms with Crippen molar-refractivity contribution in [3.05, 3.63) is 77.9 Å². The minimum atomic E-state index is -0.357. The highest BCUT2D eigenvalue weighted by Crippen LogP contribution is 2.37. The molecule has 1 amide bonds. The van der Waals surface area contributed by atoms with E-state index in [1.165, 1.54) is 0 Å². The van der Waals surface area contributed by atoms with E-state index in [2.05, 4.69) is 10.3 Å². The summed E-state index contributed by atoms with van der Waals surface area (Å²) in [6, 6.07) is 20.6. The standard InChI is InChI=1S/C21H16N2O2/c1-13-18-16-10-6-5-7-14(16)11-12-17(18)22-20(19(13)24)23-21(25)15-8-3-2-4-9-15/h2-13H,1H3,(H,22,23,25). The summed E-state index contributed by atoms with van der Waals surface area (Å²) in [5.74, 6) is -0.758. The lowest BCUT2D eigenvalue weighted by Gasteiger charge is -2.22. The number of carbonyl (C=O) groups is 2. The lowest BCUT2D eigenvalue weighted by molar-refractivity contribution is -0.114. The summed E-state index contributed by atoms with van der Waals surface area (Å²) in [4.78, 5) is 29.5. The SMILES string of the molecule is CC1C(=O)C(NC(=O)c2ccccc2)=Nc2ccc3ccccc3c21. The van der Waals surface area contributed by atoms with E-state index in [-0.39, 0.29) is 23.4 Å². The van der Waals surface area contributed by atoms with Crippen LogP contribution in [-0.4, -0.2) is 17.5 Å². The van der Waals surface area contributed by atoms with Crippen LogP contribution >= 0.6 is 0 Å².